The zero-order valence-corrected chi connectivity index (χ0v) is 16.8. The molecule has 1 saturated heterocycles. The zero-order chi connectivity index (χ0) is 17.6. The number of halogens is 3. The van der Waals surface area contributed by atoms with Crippen LogP contribution in [0.5, 0.6) is 5.75 Å². The van der Waals surface area contributed by atoms with Gasteiger partial charge < -0.3 is 10.1 Å². The average molecular weight is 475 g/mol. The van der Waals surface area contributed by atoms with Crippen molar-refractivity contribution in [3.8, 4) is 5.75 Å². The van der Waals surface area contributed by atoms with Gasteiger partial charge in [0, 0.05) is 37.6 Å². The third kappa shape index (κ3) is 5.54. The Balaban J connectivity index is 1.53. The van der Waals surface area contributed by atoms with Gasteiger partial charge in [-0.05, 0) is 41.5 Å². The van der Waals surface area contributed by atoms with Gasteiger partial charge in [-0.25, -0.2) is 4.39 Å². The summed E-state index contributed by atoms with van der Waals surface area (Å²) in [5, 5.41) is 4.04. The number of nitrogens with zero attached hydrogens (tertiary/aromatic N) is 1. The summed E-state index contributed by atoms with van der Waals surface area (Å²) in [7, 11) is 0. The van der Waals surface area contributed by atoms with Crippen LogP contribution < -0.4 is 10.1 Å². The summed E-state index contributed by atoms with van der Waals surface area (Å²) in [5.74, 6) is 0.588. The van der Waals surface area contributed by atoms with E-state index in [1.165, 1.54) is 0 Å². The Bertz CT molecular complexity index is 698. The molecule has 1 unspecified atom stereocenters. The van der Waals surface area contributed by atoms with Crippen molar-refractivity contribution in [1.82, 2.24) is 10.2 Å². The smallest absolute Gasteiger partial charge is 0.126 e. The lowest BCUT2D eigenvalue weighted by atomic mass is 10.1. The second-order valence-corrected chi connectivity index (χ2v) is 7.96. The zero-order valence-electron chi connectivity index (χ0n) is 13.9. The molecule has 1 atom stereocenters. The van der Waals surface area contributed by atoms with Crippen LogP contribution in [0.1, 0.15) is 11.1 Å². The predicted molar refractivity (Wildman–Crippen MR) is 108 cm³/mol. The summed E-state index contributed by atoms with van der Waals surface area (Å²) >= 11 is 8.28. The first-order valence-electron chi connectivity index (χ1n) is 8.36. The molecule has 2 aromatic carbocycles. The molecular formula is C19H21ClFIN2O. The second kappa shape index (κ2) is 9.16. The van der Waals surface area contributed by atoms with E-state index in [1.807, 2.05) is 24.3 Å². The number of rotatable bonds is 6. The summed E-state index contributed by atoms with van der Waals surface area (Å²) in [6.45, 7) is 4.18. The van der Waals surface area contributed by atoms with E-state index in [0.29, 0.717) is 27.7 Å². The van der Waals surface area contributed by atoms with E-state index in [9.17, 15) is 4.39 Å². The Morgan fingerprint density at radius 2 is 2.04 bits per heavy atom. The van der Waals surface area contributed by atoms with Crippen molar-refractivity contribution in [2.75, 3.05) is 26.2 Å². The van der Waals surface area contributed by atoms with Crippen LogP contribution in [0, 0.1) is 5.82 Å². The molecule has 1 fully saturated rings. The maximum absolute atomic E-state index is 14.4. The largest absolute Gasteiger partial charge is 0.493 e. The predicted octanol–water partition coefficient (Wildman–Crippen LogP) is 4.27. The standard InChI is InChI=1S/C19H21ClFIN2O/c20-16-3-5-17(6-4-16)25-10-7-15-2-1-14(11-18(15)21)13-24-9-8-23-12-19(24)22/h1-6,11,19,23H,7-10,12-13H2. The molecule has 0 spiro atoms. The Kier molecular flexibility index (Phi) is 6.92. The van der Waals surface area contributed by atoms with E-state index in [4.69, 9.17) is 16.3 Å². The number of ether oxygens (including phenoxy) is 1. The normalized spacial score (nSPS) is 18.3. The molecule has 0 radical (unpaired) electrons. The highest BCUT2D eigenvalue weighted by Crippen LogP contribution is 2.19. The fourth-order valence-electron chi connectivity index (χ4n) is 2.83. The maximum atomic E-state index is 14.4. The van der Waals surface area contributed by atoms with Gasteiger partial charge in [0.2, 0.25) is 0 Å². The van der Waals surface area contributed by atoms with Gasteiger partial charge >= 0.3 is 0 Å². The van der Waals surface area contributed by atoms with Gasteiger partial charge in [-0.1, -0.05) is 46.3 Å². The van der Waals surface area contributed by atoms with E-state index in [2.05, 4.69) is 32.8 Å². The molecule has 1 aliphatic heterocycles. The molecule has 0 aliphatic carbocycles. The summed E-state index contributed by atoms with van der Waals surface area (Å²) < 4.78 is 20.5. The second-order valence-electron chi connectivity index (χ2n) is 6.09. The number of alkyl halides is 1. The minimum atomic E-state index is -0.155. The Morgan fingerprint density at radius 3 is 2.76 bits per heavy atom. The Morgan fingerprint density at radius 1 is 1.24 bits per heavy atom. The number of hydrogen-bond acceptors (Lipinski definition) is 3. The molecule has 0 aromatic heterocycles. The lowest BCUT2D eigenvalue weighted by molar-refractivity contribution is 0.220. The average Bonchev–Trinajstić information content (AvgIpc) is 2.60. The first-order chi connectivity index (χ1) is 12.1. The Hall–Kier alpha value is -0.890. The third-order valence-electron chi connectivity index (χ3n) is 4.24. The van der Waals surface area contributed by atoms with Gasteiger partial charge in [0.25, 0.3) is 0 Å². The maximum Gasteiger partial charge on any atom is 0.126 e. The SMILES string of the molecule is Fc1cc(CN2CCNCC2I)ccc1CCOc1ccc(Cl)cc1. The van der Waals surface area contributed by atoms with Crippen LogP contribution in [-0.4, -0.2) is 35.2 Å². The monoisotopic (exact) mass is 474 g/mol. The number of piperazine rings is 1. The van der Waals surface area contributed by atoms with Crippen molar-refractivity contribution < 1.29 is 9.13 Å². The van der Waals surface area contributed by atoms with Crippen LogP contribution in [0.3, 0.4) is 0 Å². The van der Waals surface area contributed by atoms with E-state index in [0.717, 1.165) is 37.5 Å². The van der Waals surface area contributed by atoms with Crippen LogP contribution in [-0.2, 0) is 13.0 Å². The molecule has 3 nitrogen and oxygen atoms in total. The molecule has 134 valence electrons. The lowest BCUT2D eigenvalue weighted by Crippen LogP contribution is -2.47. The minimum Gasteiger partial charge on any atom is -0.493 e. The van der Waals surface area contributed by atoms with Gasteiger partial charge in [-0.15, -0.1) is 0 Å². The van der Waals surface area contributed by atoms with Crippen molar-refractivity contribution >= 4 is 34.2 Å². The van der Waals surface area contributed by atoms with Crippen LogP contribution in [0.15, 0.2) is 42.5 Å². The molecule has 3 rings (SSSR count). The number of nitrogens with one attached hydrogen (secondary N) is 1. The Labute approximate surface area is 166 Å². The first-order valence-corrected chi connectivity index (χ1v) is 9.99. The minimum absolute atomic E-state index is 0.155. The number of hydrogen-bond donors (Lipinski definition) is 1. The molecule has 1 heterocycles. The molecule has 25 heavy (non-hydrogen) atoms. The van der Waals surface area contributed by atoms with Crippen molar-refractivity contribution in [3.63, 3.8) is 0 Å². The fourth-order valence-corrected chi connectivity index (χ4v) is 3.74. The number of benzene rings is 2. The van der Waals surface area contributed by atoms with Gasteiger partial charge in [-0.3, -0.25) is 4.90 Å². The molecule has 2 aromatic rings. The van der Waals surface area contributed by atoms with E-state index < -0.39 is 0 Å². The summed E-state index contributed by atoms with van der Waals surface area (Å²) in [6.07, 6.45) is 0.539. The van der Waals surface area contributed by atoms with E-state index in [-0.39, 0.29) is 5.82 Å². The molecule has 1 aliphatic rings. The van der Waals surface area contributed by atoms with Crippen molar-refractivity contribution in [2.45, 2.75) is 17.0 Å². The van der Waals surface area contributed by atoms with Crippen LogP contribution in [0.2, 0.25) is 5.02 Å². The molecule has 0 saturated carbocycles. The summed E-state index contributed by atoms with van der Waals surface area (Å²) in [4.78, 5) is 2.37. The molecule has 6 heteroatoms. The molecule has 0 amide bonds. The molecule has 1 N–H and O–H groups in total. The van der Waals surface area contributed by atoms with Gasteiger partial charge in [0.1, 0.15) is 11.6 Å². The van der Waals surface area contributed by atoms with E-state index in [1.54, 1.807) is 18.2 Å². The van der Waals surface area contributed by atoms with Gasteiger partial charge in [0.15, 0.2) is 0 Å². The highest BCUT2D eigenvalue weighted by atomic mass is 127. The van der Waals surface area contributed by atoms with Crippen molar-refractivity contribution in [2.24, 2.45) is 0 Å². The van der Waals surface area contributed by atoms with Crippen LogP contribution in [0.4, 0.5) is 4.39 Å². The van der Waals surface area contributed by atoms with Crippen LogP contribution in [0.25, 0.3) is 0 Å². The topological polar surface area (TPSA) is 24.5 Å². The van der Waals surface area contributed by atoms with Crippen LogP contribution >= 0.6 is 34.2 Å². The molecular weight excluding hydrogens is 454 g/mol. The highest BCUT2D eigenvalue weighted by Gasteiger charge is 2.19. The van der Waals surface area contributed by atoms with Crippen molar-refractivity contribution in [1.29, 1.82) is 0 Å². The van der Waals surface area contributed by atoms with Gasteiger partial charge in [0.05, 0.1) is 10.7 Å². The molecule has 0 bridgehead atoms. The highest BCUT2D eigenvalue weighted by molar-refractivity contribution is 14.1. The van der Waals surface area contributed by atoms with Gasteiger partial charge in [-0.2, -0.15) is 0 Å². The first kappa shape index (κ1) is 18.9. The lowest BCUT2D eigenvalue weighted by Gasteiger charge is -2.32. The van der Waals surface area contributed by atoms with Crippen molar-refractivity contribution in [3.05, 3.63) is 64.4 Å². The quantitative estimate of drug-likeness (QED) is 0.385. The van der Waals surface area contributed by atoms with E-state index >= 15 is 0 Å². The third-order valence-corrected chi connectivity index (χ3v) is 5.72. The summed E-state index contributed by atoms with van der Waals surface area (Å²) in [5.41, 5.74) is 1.70. The summed E-state index contributed by atoms with van der Waals surface area (Å²) in [6, 6.07) is 12.7. The fraction of sp³-hybridized carbons (Fsp3) is 0.368.